The first-order valence-corrected chi connectivity index (χ1v) is 5.88. The monoisotopic (exact) mass is 204 g/mol. The third-order valence-electron chi connectivity index (χ3n) is 3.15. The number of fused-ring (bicyclic) bond motifs is 1. The summed E-state index contributed by atoms with van der Waals surface area (Å²) in [6.45, 7) is 6.51. The van der Waals surface area contributed by atoms with E-state index in [9.17, 15) is 0 Å². The van der Waals surface area contributed by atoms with Crippen molar-refractivity contribution >= 4 is 5.69 Å². The highest BCUT2D eigenvalue weighted by Crippen LogP contribution is 2.23. The van der Waals surface area contributed by atoms with Crippen LogP contribution in [0.15, 0.2) is 18.2 Å². The summed E-state index contributed by atoms with van der Waals surface area (Å²) in [5.74, 6) is 0. The van der Waals surface area contributed by atoms with Gasteiger partial charge in [-0.2, -0.15) is 0 Å². The van der Waals surface area contributed by atoms with Crippen LogP contribution in [-0.2, 0) is 13.0 Å². The highest BCUT2D eigenvalue weighted by molar-refractivity contribution is 5.56. The van der Waals surface area contributed by atoms with E-state index in [2.05, 4.69) is 42.7 Å². The van der Waals surface area contributed by atoms with Gasteiger partial charge in [0.1, 0.15) is 0 Å². The van der Waals surface area contributed by atoms with Gasteiger partial charge in [0.2, 0.25) is 0 Å². The normalized spacial score (nSPS) is 15.9. The molecule has 15 heavy (non-hydrogen) atoms. The van der Waals surface area contributed by atoms with Gasteiger partial charge in [-0.25, -0.2) is 0 Å². The Hall–Kier alpha value is -1.02. The Morgan fingerprint density at radius 2 is 2.33 bits per heavy atom. The predicted molar refractivity (Wildman–Crippen MR) is 65.2 cm³/mol. The predicted octanol–water partition coefficient (Wildman–Crippen LogP) is 2.54. The standard InChI is InChI=1S/C13H20N2/c1-3-10(2)15-9-11-4-5-12-6-7-14-13(12)8-11/h4-5,8,10,14-15H,3,6-7,9H2,1-2H3. The van der Waals surface area contributed by atoms with E-state index in [1.807, 2.05) is 0 Å². The van der Waals surface area contributed by atoms with Crippen LogP contribution in [0.25, 0.3) is 0 Å². The smallest absolute Gasteiger partial charge is 0.0376 e. The Bertz CT molecular complexity index is 333. The summed E-state index contributed by atoms with van der Waals surface area (Å²) in [5.41, 5.74) is 4.17. The van der Waals surface area contributed by atoms with Gasteiger partial charge >= 0.3 is 0 Å². The summed E-state index contributed by atoms with van der Waals surface area (Å²) >= 11 is 0. The molecule has 1 aliphatic rings. The van der Waals surface area contributed by atoms with Gasteiger partial charge in [-0.15, -0.1) is 0 Å². The SMILES string of the molecule is CCC(C)NCc1ccc2c(c1)NCC2. The molecule has 2 rings (SSSR count). The lowest BCUT2D eigenvalue weighted by Gasteiger charge is -2.12. The third kappa shape index (κ3) is 2.51. The molecule has 0 radical (unpaired) electrons. The Kier molecular flexibility index (Phi) is 3.27. The van der Waals surface area contributed by atoms with Crippen LogP contribution < -0.4 is 10.6 Å². The Morgan fingerprint density at radius 3 is 3.13 bits per heavy atom. The zero-order chi connectivity index (χ0) is 10.7. The zero-order valence-electron chi connectivity index (χ0n) is 9.64. The summed E-state index contributed by atoms with van der Waals surface area (Å²) in [4.78, 5) is 0. The fourth-order valence-corrected chi connectivity index (χ4v) is 1.88. The van der Waals surface area contributed by atoms with Crippen molar-refractivity contribution in [2.24, 2.45) is 0 Å². The van der Waals surface area contributed by atoms with Crippen molar-refractivity contribution < 1.29 is 0 Å². The van der Waals surface area contributed by atoms with Gasteiger partial charge in [0, 0.05) is 24.8 Å². The molecule has 0 saturated carbocycles. The lowest BCUT2D eigenvalue weighted by Crippen LogP contribution is -2.24. The number of hydrogen-bond donors (Lipinski definition) is 2. The second-order valence-corrected chi connectivity index (χ2v) is 4.36. The second kappa shape index (κ2) is 4.67. The molecular formula is C13H20N2. The largest absolute Gasteiger partial charge is 0.384 e. The Morgan fingerprint density at radius 1 is 1.47 bits per heavy atom. The van der Waals surface area contributed by atoms with Crippen LogP contribution in [0.4, 0.5) is 5.69 Å². The highest BCUT2D eigenvalue weighted by Gasteiger charge is 2.09. The van der Waals surface area contributed by atoms with Crippen molar-refractivity contribution in [2.75, 3.05) is 11.9 Å². The van der Waals surface area contributed by atoms with Crippen LogP contribution in [0, 0.1) is 0 Å². The zero-order valence-corrected chi connectivity index (χ0v) is 9.64. The van der Waals surface area contributed by atoms with E-state index in [-0.39, 0.29) is 0 Å². The fourth-order valence-electron chi connectivity index (χ4n) is 1.88. The molecule has 2 heteroatoms. The van der Waals surface area contributed by atoms with Crippen molar-refractivity contribution in [1.29, 1.82) is 0 Å². The van der Waals surface area contributed by atoms with Gasteiger partial charge < -0.3 is 10.6 Å². The van der Waals surface area contributed by atoms with Crippen molar-refractivity contribution in [3.8, 4) is 0 Å². The molecule has 0 saturated heterocycles. The fraction of sp³-hybridized carbons (Fsp3) is 0.538. The lowest BCUT2D eigenvalue weighted by atomic mass is 10.1. The minimum atomic E-state index is 0.603. The van der Waals surface area contributed by atoms with Gasteiger partial charge in [-0.05, 0) is 37.0 Å². The molecule has 0 bridgehead atoms. The molecule has 0 spiro atoms. The van der Waals surface area contributed by atoms with Gasteiger partial charge in [0.15, 0.2) is 0 Å². The topological polar surface area (TPSA) is 24.1 Å². The average Bonchev–Trinajstić information content (AvgIpc) is 2.72. The average molecular weight is 204 g/mol. The summed E-state index contributed by atoms with van der Waals surface area (Å²) in [7, 11) is 0. The molecule has 1 unspecified atom stereocenters. The van der Waals surface area contributed by atoms with E-state index < -0.39 is 0 Å². The summed E-state index contributed by atoms with van der Waals surface area (Å²) in [6.07, 6.45) is 2.36. The lowest BCUT2D eigenvalue weighted by molar-refractivity contribution is 0.534. The van der Waals surface area contributed by atoms with Crippen LogP contribution in [0.5, 0.6) is 0 Å². The van der Waals surface area contributed by atoms with E-state index in [1.165, 1.54) is 29.7 Å². The second-order valence-electron chi connectivity index (χ2n) is 4.36. The van der Waals surface area contributed by atoms with E-state index >= 15 is 0 Å². The highest BCUT2D eigenvalue weighted by atomic mass is 14.9. The van der Waals surface area contributed by atoms with Crippen molar-refractivity contribution in [3.05, 3.63) is 29.3 Å². The number of nitrogens with one attached hydrogen (secondary N) is 2. The molecule has 1 aliphatic heterocycles. The van der Waals surface area contributed by atoms with Gasteiger partial charge in [0.25, 0.3) is 0 Å². The van der Waals surface area contributed by atoms with E-state index in [0.29, 0.717) is 6.04 Å². The Balaban J connectivity index is 1.98. The quantitative estimate of drug-likeness (QED) is 0.787. The molecule has 0 amide bonds. The minimum Gasteiger partial charge on any atom is -0.384 e. The number of rotatable bonds is 4. The van der Waals surface area contributed by atoms with Crippen LogP contribution in [0.2, 0.25) is 0 Å². The first-order chi connectivity index (χ1) is 7.29. The summed E-state index contributed by atoms with van der Waals surface area (Å²) in [6, 6.07) is 7.37. The molecule has 1 aromatic carbocycles. The molecule has 82 valence electrons. The number of benzene rings is 1. The molecule has 1 heterocycles. The maximum absolute atomic E-state index is 3.51. The van der Waals surface area contributed by atoms with E-state index in [4.69, 9.17) is 0 Å². The summed E-state index contributed by atoms with van der Waals surface area (Å²) in [5, 5.41) is 6.93. The molecule has 2 N–H and O–H groups in total. The van der Waals surface area contributed by atoms with Crippen molar-refractivity contribution in [3.63, 3.8) is 0 Å². The van der Waals surface area contributed by atoms with Crippen molar-refractivity contribution in [1.82, 2.24) is 5.32 Å². The van der Waals surface area contributed by atoms with Crippen LogP contribution in [0.3, 0.4) is 0 Å². The molecule has 0 fully saturated rings. The van der Waals surface area contributed by atoms with Gasteiger partial charge in [0.05, 0.1) is 0 Å². The maximum Gasteiger partial charge on any atom is 0.0376 e. The molecular weight excluding hydrogens is 184 g/mol. The third-order valence-corrected chi connectivity index (χ3v) is 3.15. The van der Waals surface area contributed by atoms with E-state index in [1.54, 1.807) is 0 Å². The minimum absolute atomic E-state index is 0.603. The maximum atomic E-state index is 3.51. The molecule has 2 nitrogen and oxygen atoms in total. The number of anilines is 1. The van der Waals surface area contributed by atoms with Crippen LogP contribution in [0.1, 0.15) is 31.4 Å². The first kappa shape index (κ1) is 10.5. The van der Waals surface area contributed by atoms with E-state index in [0.717, 1.165) is 13.1 Å². The molecule has 1 atom stereocenters. The van der Waals surface area contributed by atoms with Crippen molar-refractivity contribution in [2.45, 2.75) is 39.3 Å². The first-order valence-electron chi connectivity index (χ1n) is 5.88. The Labute approximate surface area is 92.1 Å². The molecule has 1 aromatic rings. The number of hydrogen-bond acceptors (Lipinski definition) is 2. The summed E-state index contributed by atoms with van der Waals surface area (Å²) < 4.78 is 0. The van der Waals surface area contributed by atoms with Crippen LogP contribution >= 0.6 is 0 Å². The molecule has 0 aromatic heterocycles. The van der Waals surface area contributed by atoms with Gasteiger partial charge in [-0.1, -0.05) is 19.1 Å². The molecule has 0 aliphatic carbocycles. The van der Waals surface area contributed by atoms with Gasteiger partial charge in [-0.3, -0.25) is 0 Å². The van der Waals surface area contributed by atoms with Crippen LogP contribution in [-0.4, -0.2) is 12.6 Å².